The van der Waals surface area contributed by atoms with Crippen molar-refractivity contribution < 1.29 is 4.39 Å². The summed E-state index contributed by atoms with van der Waals surface area (Å²) >= 11 is 0. The molecule has 1 aromatic rings. The second-order valence-electron chi connectivity index (χ2n) is 3.27. The Labute approximate surface area is 90.9 Å². The van der Waals surface area contributed by atoms with Crippen molar-refractivity contribution in [3.8, 4) is 0 Å². The van der Waals surface area contributed by atoms with Crippen LogP contribution in [0.2, 0.25) is 0 Å². The number of hydrogen-bond acceptors (Lipinski definition) is 1. The fourth-order valence-electron chi connectivity index (χ4n) is 1.50. The molecule has 0 bridgehead atoms. The van der Waals surface area contributed by atoms with E-state index in [4.69, 9.17) is 5.73 Å². The SMILES string of the molecule is CCCC(CN)c1ccc(F)cc1.Cl. The first kappa shape index (κ1) is 13.4. The van der Waals surface area contributed by atoms with Crippen molar-refractivity contribution in [1.29, 1.82) is 0 Å². The number of halogens is 2. The van der Waals surface area contributed by atoms with Gasteiger partial charge in [-0.05, 0) is 36.6 Å². The van der Waals surface area contributed by atoms with Crippen LogP contribution in [-0.4, -0.2) is 6.54 Å². The van der Waals surface area contributed by atoms with E-state index in [0.717, 1.165) is 18.4 Å². The van der Waals surface area contributed by atoms with Crippen LogP contribution in [0.4, 0.5) is 4.39 Å². The van der Waals surface area contributed by atoms with Crippen LogP contribution in [0, 0.1) is 5.82 Å². The summed E-state index contributed by atoms with van der Waals surface area (Å²) < 4.78 is 12.6. The number of rotatable bonds is 4. The van der Waals surface area contributed by atoms with Crippen LogP contribution >= 0.6 is 12.4 Å². The molecule has 0 saturated heterocycles. The Morgan fingerprint density at radius 2 is 1.86 bits per heavy atom. The molecule has 0 spiro atoms. The molecule has 0 heterocycles. The molecule has 80 valence electrons. The summed E-state index contributed by atoms with van der Waals surface area (Å²) in [4.78, 5) is 0. The van der Waals surface area contributed by atoms with E-state index in [1.165, 1.54) is 12.1 Å². The third-order valence-electron chi connectivity index (χ3n) is 2.26. The molecular weight excluding hydrogens is 201 g/mol. The van der Waals surface area contributed by atoms with Gasteiger partial charge in [-0.25, -0.2) is 4.39 Å². The Hall–Kier alpha value is -0.600. The van der Waals surface area contributed by atoms with E-state index in [1.807, 2.05) is 12.1 Å². The van der Waals surface area contributed by atoms with E-state index in [0.29, 0.717) is 12.5 Å². The standard InChI is InChI=1S/C11H16FN.ClH/c1-2-3-10(8-13)9-4-6-11(12)7-5-9;/h4-7,10H,2-3,8,13H2,1H3;1H. The van der Waals surface area contributed by atoms with E-state index in [1.54, 1.807) is 0 Å². The lowest BCUT2D eigenvalue weighted by Crippen LogP contribution is -2.12. The zero-order chi connectivity index (χ0) is 9.68. The van der Waals surface area contributed by atoms with Gasteiger partial charge in [0.25, 0.3) is 0 Å². The van der Waals surface area contributed by atoms with Crippen LogP contribution in [0.25, 0.3) is 0 Å². The van der Waals surface area contributed by atoms with Crippen molar-refractivity contribution in [2.75, 3.05) is 6.54 Å². The zero-order valence-corrected chi connectivity index (χ0v) is 9.19. The number of hydrogen-bond donors (Lipinski definition) is 1. The van der Waals surface area contributed by atoms with Crippen molar-refractivity contribution in [1.82, 2.24) is 0 Å². The van der Waals surface area contributed by atoms with Gasteiger partial charge in [0, 0.05) is 0 Å². The molecule has 0 radical (unpaired) electrons. The Morgan fingerprint density at radius 1 is 1.29 bits per heavy atom. The van der Waals surface area contributed by atoms with Crippen molar-refractivity contribution >= 4 is 12.4 Å². The smallest absolute Gasteiger partial charge is 0.123 e. The average Bonchev–Trinajstić information content (AvgIpc) is 2.16. The summed E-state index contributed by atoms with van der Waals surface area (Å²) in [5.41, 5.74) is 6.78. The highest BCUT2D eigenvalue weighted by Crippen LogP contribution is 2.19. The predicted molar refractivity (Wildman–Crippen MR) is 60.4 cm³/mol. The molecule has 0 amide bonds. The second-order valence-corrected chi connectivity index (χ2v) is 3.27. The van der Waals surface area contributed by atoms with Gasteiger partial charge in [0.2, 0.25) is 0 Å². The first-order chi connectivity index (χ1) is 6.27. The highest BCUT2D eigenvalue weighted by Gasteiger charge is 2.07. The highest BCUT2D eigenvalue weighted by molar-refractivity contribution is 5.85. The van der Waals surface area contributed by atoms with Crippen LogP contribution in [0.1, 0.15) is 31.2 Å². The van der Waals surface area contributed by atoms with Gasteiger partial charge in [0.1, 0.15) is 5.82 Å². The van der Waals surface area contributed by atoms with Gasteiger partial charge in [-0.15, -0.1) is 12.4 Å². The van der Waals surface area contributed by atoms with E-state index in [9.17, 15) is 4.39 Å². The molecule has 0 aliphatic heterocycles. The van der Waals surface area contributed by atoms with Gasteiger partial charge in [0.15, 0.2) is 0 Å². The predicted octanol–water partition coefficient (Wildman–Crippen LogP) is 3.09. The summed E-state index contributed by atoms with van der Waals surface area (Å²) in [6.07, 6.45) is 2.18. The third kappa shape index (κ3) is 3.64. The van der Waals surface area contributed by atoms with Gasteiger partial charge in [-0.2, -0.15) is 0 Å². The molecular formula is C11H17ClFN. The van der Waals surface area contributed by atoms with Gasteiger partial charge < -0.3 is 5.73 Å². The lowest BCUT2D eigenvalue weighted by Gasteiger charge is -2.13. The molecule has 0 fully saturated rings. The van der Waals surface area contributed by atoms with Gasteiger partial charge >= 0.3 is 0 Å². The van der Waals surface area contributed by atoms with Gasteiger partial charge in [0.05, 0.1) is 0 Å². The molecule has 1 aromatic carbocycles. The molecule has 0 aliphatic carbocycles. The number of benzene rings is 1. The molecule has 0 aliphatic rings. The van der Waals surface area contributed by atoms with E-state index in [-0.39, 0.29) is 18.2 Å². The van der Waals surface area contributed by atoms with Crippen LogP contribution in [0.5, 0.6) is 0 Å². The largest absolute Gasteiger partial charge is 0.330 e. The maximum atomic E-state index is 12.6. The summed E-state index contributed by atoms with van der Waals surface area (Å²) in [7, 11) is 0. The lowest BCUT2D eigenvalue weighted by atomic mass is 9.95. The minimum absolute atomic E-state index is 0. The monoisotopic (exact) mass is 217 g/mol. The quantitative estimate of drug-likeness (QED) is 0.824. The lowest BCUT2D eigenvalue weighted by molar-refractivity contribution is 0.609. The molecule has 3 heteroatoms. The Bertz CT molecular complexity index is 248. The summed E-state index contributed by atoms with van der Waals surface area (Å²) in [5.74, 6) is 0.196. The highest BCUT2D eigenvalue weighted by atomic mass is 35.5. The first-order valence-electron chi connectivity index (χ1n) is 4.73. The molecule has 0 aromatic heterocycles. The van der Waals surface area contributed by atoms with Crippen molar-refractivity contribution in [2.45, 2.75) is 25.7 Å². The second kappa shape index (κ2) is 6.80. The van der Waals surface area contributed by atoms with E-state index >= 15 is 0 Å². The molecule has 1 rings (SSSR count). The maximum absolute atomic E-state index is 12.6. The average molecular weight is 218 g/mol. The van der Waals surface area contributed by atoms with Gasteiger partial charge in [-0.3, -0.25) is 0 Å². The zero-order valence-electron chi connectivity index (χ0n) is 8.37. The summed E-state index contributed by atoms with van der Waals surface area (Å²) in [6.45, 7) is 2.77. The fourth-order valence-corrected chi connectivity index (χ4v) is 1.50. The Morgan fingerprint density at radius 3 is 2.29 bits per heavy atom. The van der Waals surface area contributed by atoms with Crippen LogP contribution < -0.4 is 5.73 Å². The molecule has 1 atom stereocenters. The van der Waals surface area contributed by atoms with Crippen molar-refractivity contribution in [3.63, 3.8) is 0 Å². The molecule has 1 nitrogen and oxygen atoms in total. The molecule has 2 N–H and O–H groups in total. The van der Waals surface area contributed by atoms with Crippen molar-refractivity contribution in [2.24, 2.45) is 5.73 Å². The Kier molecular flexibility index (Phi) is 6.50. The number of nitrogens with two attached hydrogens (primary N) is 1. The minimum atomic E-state index is -0.184. The maximum Gasteiger partial charge on any atom is 0.123 e. The summed E-state index contributed by atoms with van der Waals surface area (Å²) in [6, 6.07) is 6.63. The van der Waals surface area contributed by atoms with E-state index in [2.05, 4.69) is 6.92 Å². The normalized spacial score (nSPS) is 11.9. The van der Waals surface area contributed by atoms with Gasteiger partial charge in [-0.1, -0.05) is 25.5 Å². The topological polar surface area (TPSA) is 26.0 Å². The van der Waals surface area contributed by atoms with Crippen LogP contribution in [0.3, 0.4) is 0 Å². The minimum Gasteiger partial charge on any atom is -0.330 e. The van der Waals surface area contributed by atoms with Crippen molar-refractivity contribution in [3.05, 3.63) is 35.6 Å². The molecule has 0 saturated carbocycles. The first-order valence-corrected chi connectivity index (χ1v) is 4.73. The summed E-state index contributed by atoms with van der Waals surface area (Å²) in [5, 5.41) is 0. The third-order valence-corrected chi connectivity index (χ3v) is 2.26. The van der Waals surface area contributed by atoms with Crippen LogP contribution in [-0.2, 0) is 0 Å². The van der Waals surface area contributed by atoms with E-state index < -0.39 is 0 Å². The Balaban J connectivity index is 0.00000169. The van der Waals surface area contributed by atoms with Crippen LogP contribution in [0.15, 0.2) is 24.3 Å². The molecule has 1 unspecified atom stereocenters. The molecule has 14 heavy (non-hydrogen) atoms. The fraction of sp³-hybridized carbons (Fsp3) is 0.455.